The number of halogens is 1. The maximum Gasteiger partial charge on any atom is 0.0406 e. The van der Waals surface area contributed by atoms with Crippen molar-refractivity contribution in [2.45, 2.75) is 51.1 Å². The van der Waals surface area contributed by atoms with Crippen LogP contribution in [0.25, 0.3) is 0 Å². The molecule has 116 valence electrons. The van der Waals surface area contributed by atoms with Crippen LogP contribution in [0.5, 0.6) is 0 Å². The molecule has 1 aromatic rings. The van der Waals surface area contributed by atoms with Crippen LogP contribution < -0.4 is 5.32 Å². The van der Waals surface area contributed by atoms with E-state index in [1.165, 1.54) is 50.9 Å². The molecule has 0 aromatic heterocycles. The molecule has 1 N–H and O–H groups in total. The van der Waals surface area contributed by atoms with Gasteiger partial charge in [0.2, 0.25) is 0 Å². The van der Waals surface area contributed by atoms with Gasteiger partial charge in [-0.3, -0.25) is 4.90 Å². The van der Waals surface area contributed by atoms with Crippen molar-refractivity contribution in [1.82, 2.24) is 10.2 Å². The summed E-state index contributed by atoms with van der Waals surface area (Å²) >= 11 is 5.98. The second-order valence-electron chi connectivity index (χ2n) is 6.80. The first-order valence-corrected chi connectivity index (χ1v) is 8.81. The summed E-state index contributed by atoms with van der Waals surface area (Å²) < 4.78 is 0. The van der Waals surface area contributed by atoms with Crippen molar-refractivity contribution in [3.05, 3.63) is 34.9 Å². The highest BCUT2D eigenvalue weighted by atomic mass is 35.5. The average molecular weight is 307 g/mol. The van der Waals surface area contributed by atoms with Crippen LogP contribution in [0, 0.1) is 5.92 Å². The van der Waals surface area contributed by atoms with Gasteiger partial charge in [-0.25, -0.2) is 0 Å². The Morgan fingerprint density at radius 1 is 1.14 bits per heavy atom. The summed E-state index contributed by atoms with van der Waals surface area (Å²) in [7, 11) is 0. The predicted octanol–water partition coefficient (Wildman–Crippen LogP) is 3.74. The van der Waals surface area contributed by atoms with Gasteiger partial charge in [0.1, 0.15) is 0 Å². The van der Waals surface area contributed by atoms with Crippen molar-refractivity contribution < 1.29 is 0 Å². The minimum atomic E-state index is 0.633. The molecule has 3 heteroatoms. The van der Waals surface area contributed by atoms with Gasteiger partial charge in [-0.1, -0.05) is 23.7 Å². The lowest BCUT2D eigenvalue weighted by molar-refractivity contribution is 0.151. The molecule has 1 saturated heterocycles. The lowest BCUT2D eigenvalue weighted by Crippen LogP contribution is -2.42. The zero-order chi connectivity index (χ0) is 14.7. The summed E-state index contributed by atoms with van der Waals surface area (Å²) in [6.07, 6.45) is 6.62. The molecule has 0 radical (unpaired) electrons. The third-order valence-electron chi connectivity index (χ3n) is 4.95. The van der Waals surface area contributed by atoms with E-state index in [4.69, 9.17) is 11.6 Å². The highest BCUT2D eigenvalue weighted by molar-refractivity contribution is 6.30. The summed E-state index contributed by atoms with van der Waals surface area (Å²) in [5, 5.41) is 4.31. The van der Waals surface area contributed by atoms with Crippen molar-refractivity contribution in [3.63, 3.8) is 0 Å². The van der Waals surface area contributed by atoms with Crippen LogP contribution in [0.1, 0.15) is 38.2 Å². The zero-order valence-electron chi connectivity index (χ0n) is 13.0. The molecule has 1 heterocycles. The van der Waals surface area contributed by atoms with Crippen molar-refractivity contribution in [2.24, 2.45) is 5.92 Å². The fourth-order valence-corrected chi connectivity index (χ4v) is 3.66. The van der Waals surface area contributed by atoms with E-state index in [1.54, 1.807) is 0 Å². The highest BCUT2D eigenvalue weighted by Crippen LogP contribution is 2.31. The molecule has 1 aliphatic heterocycles. The molecule has 1 saturated carbocycles. The van der Waals surface area contributed by atoms with E-state index in [2.05, 4.69) is 29.3 Å². The fourth-order valence-electron chi connectivity index (χ4n) is 3.54. The van der Waals surface area contributed by atoms with Crippen LogP contribution in [0.4, 0.5) is 0 Å². The molecule has 2 fully saturated rings. The van der Waals surface area contributed by atoms with Crippen LogP contribution in [0.2, 0.25) is 5.02 Å². The maximum atomic E-state index is 5.98. The molecule has 21 heavy (non-hydrogen) atoms. The van der Waals surface area contributed by atoms with E-state index in [1.807, 2.05) is 12.1 Å². The molecular formula is C18H27ClN2. The van der Waals surface area contributed by atoms with Gasteiger partial charge in [0, 0.05) is 23.7 Å². The third-order valence-corrected chi connectivity index (χ3v) is 5.21. The van der Waals surface area contributed by atoms with E-state index in [9.17, 15) is 0 Å². The lowest BCUT2D eigenvalue weighted by Gasteiger charge is -2.34. The predicted molar refractivity (Wildman–Crippen MR) is 89.9 cm³/mol. The second kappa shape index (κ2) is 7.13. The third kappa shape index (κ3) is 4.45. The number of benzene rings is 1. The summed E-state index contributed by atoms with van der Waals surface area (Å²) in [6.45, 7) is 6.10. The Kier molecular flexibility index (Phi) is 5.20. The van der Waals surface area contributed by atoms with Crippen LogP contribution in [0.3, 0.4) is 0 Å². The maximum absolute atomic E-state index is 5.98. The van der Waals surface area contributed by atoms with E-state index in [-0.39, 0.29) is 0 Å². The average Bonchev–Trinajstić information content (AvgIpc) is 3.33. The summed E-state index contributed by atoms with van der Waals surface area (Å²) in [5.41, 5.74) is 1.41. The van der Waals surface area contributed by atoms with Crippen LogP contribution >= 0.6 is 11.6 Å². The Bertz CT molecular complexity index is 435. The molecule has 1 atom stereocenters. The van der Waals surface area contributed by atoms with Gasteiger partial charge < -0.3 is 5.32 Å². The van der Waals surface area contributed by atoms with E-state index < -0.39 is 0 Å². The molecule has 2 aliphatic rings. The van der Waals surface area contributed by atoms with Gasteiger partial charge in [-0.05, 0) is 75.7 Å². The van der Waals surface area contributed by atoms with Crippen LogP contribution in [-0.4, -0.2) is 36.6 Å². The standard InChI is InChI=1S/C18H27ClN2/c1-14(12-15-2-4-17(19)5-3-15)21(18-6-7-18)13-16-8-10-20-11-9-16/h2-5,14,16,18,20H,6-13H2,1H3. The topological polar surface area (TPSA) is 15.3 Å². The van der Waals surface area contributed by atoms with Gasteiger partial charge in [-0.15, -0.1) is 0 Å². The number of hydrogen-bond acceptors (Lipinski definition) is 2. The van der Waals surface area contributed by atoms with Gasteiger partial charge in [-0.2, -0.15) is 0 Å². The van der Waals surface area contributed by atoms with Crippen molar-refractivity contribution >= 4 is 11.6 Å². The molecule has 3 rings (SSSR count). The molecule has 1 aliphatic carbocycles. The fraction of sp³-hybridized carbons (Fsp3) is 0.667. The normalized spacial score (nSPS) is 21.7. The molecule has 0 spiro atoms. The number of nitrogens with zero attached hydrogens (tertiary/aromatic N) is 1. The van der Waals surface area contributed by atoms with Crippen molar-refractivity contribution in [1.29, 1.82) is 0 Å². The van der Waals surface area contributed by atoms with E-state index >= 15 is 0 Å². The molecule has 0 bridgehead atoms. The SMILES string of the molecule is CC(Cc1ccc(Cl)cc1)N(CC1CCNCC1)C1CC1. The molecule has 1 aromatic carbocycles. The monoisotopic (exact) mass is 306 g/mol. The Morgan fingerprint density at radius 3 is 2.43 bits per heavy atom. The van der Waals surface area contributed by atoms with Gasteiger partial charge >= 0.3 is 0 Å². The minimum Gasteiger partial charge on any atom is -0.317 e. The first kappa shape index (κ1) is 15.3. The largest absolute Gasteiger partial charge is 0.317 e. The second-order valence-corrected chi connectivity index (χ2v) is 7.24. The van der Waals surface area contributed by atoms with Crippen molar-refractivity contribution in [3.8, 4) is 0 Å². The summed E-state index contributed by atoms with van der Waals surface area (Å²) in [6, 6.07) is 9.86. The Labute approximate surface area is 133 Å². The smallest absolute Gasteiger partial charge is 0.0406 e. The van der Waals surface area contributed by atoms with E-state index in [0.29, 0.717) is 6.04 Å². The van der Waals surface area contributed by atoms with Crippen molar-refractivity contribution in [2.75, 3.05) is 19.6 Å². The van der Waals surface area contributed by atoms with Gasteiger partial charge in [0.15, 0.2) is 0 Å². The number of rotatable bonds is 6. The first-order chi connectivity index (χ1) is 10.2. The minimum absolute atomic E-state index is 0.633. The van der Waals surface area contributed by atoms with Gasteiger partial charge in [0.05, 0.1) is 0 Å². The number of nitrogens with one attached hydrogen (secondary N) is 1. The van der Waals surface area contributed by atoms with Crippen LogP contribution in [0.15, 0.2) is 24.3 Å². The Morgan fingerprint density at radius 2 is 1.81 bits per heavy atom. The zero-order valence-corrected chi connectivity index (χ0v) is 13.8. The summed E-state index contributed by atoms with van der Waals surface area (Å²) in [5.74, 6) is 0.888. The Hall–Kier alpha value is -0.570. The molecular weight excluding hydrogens is 280 g/mol. The van der Waals surface area contributed by atoms with Gasteiger partial charge in [0.25, 0.3) is 0 Å². The Balaban J connectivity index is 1.58. The van der Waals surface area contributed by atoms with Crippen LogP contribution in [-0.2, 0) is 6.42 Å². The highest BCUT2D eigenvalue weighted by Gasteiger charge is 2.33. The number of piperidine rings is 1. The molecule has 2 nitrogen and oxygen atoms in total. The lowest BCUT2D eigenvalue weighted by atomic mass is 9.96. The summed E-state index contributed by atoms with van der Waals surface area (Å²) in [4.78, 5) is 2.78. The quantitative estimate of drug-likeness (QED) is 0.861. The first-order valence-electron chi connectivity index (χ1n) is 8.43. The molecule has 1 unspecified atom stereocenters. The van der Waals surface area contributed by atoms with E-state index in [0.717, 1.165) is 23.4 Å². The molecule has 0 amide bonds. The number of hydrogen-bond donors (Lipinski definition) is 1.